The minimum atomic E-state index is -0.233. The van der Waals surface area contributed by atoms with Crippen molar-refractivity contribution in [3.8, 4) is 0 Å². The Bertz CT molecular complexity index is 386. The first kappa shape index (κ1) is 12.7. The van der Waals surface area contributed by atoms with E-state index in [2.05, 4.69) is 11.8 Å². The van der Waals surface area contributed by atoms with Crippen LogP contribution in [0, 0.1) is 5.82 Å². The van der Waals surface area contributed by atoms with Crippen LogP contribution in [0.2, 0.25) is 0 Å². The quantitative estimate of drug-likeness (QED) is 0.755. The van der Waals surface area contributed by atoms with E-state index in [0.717, 1.165) is 37.4 Å². The molecule has 0 aliphatic carbocycles. The lowest BCUT2D eigenvalue weighted by Crippen LogP contribution is -2.30. The Kier molecular flexibility index (Phi) is 4.24. The van der Waals surface area contributed by atoms with Crippen molar-refractivity contribution in [3.05, 3.63) is 29.6 Å². The highest BCUT2D eigenvalue weighted by atomic mass is 35.5. The molecule has 1 aliphatic rings. The molecule has 0 aromatic heterocycles. The smallest absolute Gasteiger partial charge is 0.123 e. The molecule has 1 aromatic rings. The Morgan fingerprint density at radius 1 is 1.53 bits per heavy atom. The second-order valence-corrected chi connectivity index (χ2v) is 4.65. The maximum atomic E-state index is 13.2. The molecule has 1 heterocycles. The second kappa shape index (κ2) is 5.69. The zero-order valence-electron chi connectivity index (χ0n) is 9.96. The number of halogens is 2. The monoisotopic (exact) mass is 257 g/mol. The van der Waals surface area contributed by atoms with Crippen molar-refractivity contribution in [2.24, 2.45) is 0 Å². The standard InChI is InChI=1S/C13H17ClFNO/c1-10-9-16(5-2-6-17-10)13-4-3-12(15)7-11(13)8-14/h3-4,7,10H,2,5-6,8-9H2,1H3. The number of nitrogens with zero attached hydrogens (tertiary/aromatic N) is 1. The van der Waals surface area contributed by atoms with Crippen molar-refractivity contribution in [1.29, 1.82) is 0 Å². The van der Waals surface area contributed by atoms with Gasteiger partial charge in [0, 0.05) is 31.3 Å². The Hall–Kier alpha value is -0.800. The van der Waals surface area contributed by atoms with Gasteiger partial charge in [0.1, 0.15) is 5.82 Å². The van der Waals surface area contributed by atoms with Crippen LogP contribution in [0.1, 0.15) is 18.9 Å². The summed E-state index contributed by atoms with van der Waals surface area (Å²) in [5.74, 6) is 0.0993. The van der Waals surface area contributed by atoms with Gasteiger partial charge in [0.2, 0.25) is 0 Å². The van der Waals surface area contributed by atoms with Crippen LogP contribution in [0.15, 0.2) is 18.2 Å². The van der Waals surface area contributed by atoms with Crippen LogP contribution < -0.4 is 4.90 Å². The fraction of sp³-hybridized carbons (Fsp3) is 0.538. The van der Waals surface area contributed by atoms with Gasteiger partial charge in [0.25, 0.3) is 0 Å². The first-order valence-corrected chi connectivity index (χ1v) is 6.45. The molecule has 0 bridgehead atoms. The number of ether oxygens (including phenoxy) is 1. The first-order valence-electron chi connectivity index (χ1n) is 5.91. The van der Waals surface area contributed by atoms with E-state index in [1.165, 1.54) is 12.1 Å². The van der Waals surface area contributed by atoms with Gasteiger partial charge in [-0.05, 0) is 37.1 Å². The molecule has 1 saturated heterocycles. The Morgan fingerprint density at radius 3 is 3.12 bits per heavy atom. The van der Waals surface area contributed by atoms with Gasteiger partial charge in [-0.15, -0.1) is 11.6 Å². The molecule has 1 unspecified atom stereocenters. The topological polar surface area (TPSA) is 12.5 Å². The molecule has 2 nitrogen and oxygen atoms in total. The summed E-state index contributed by atoms with van der Waals surface area (Å²) < 4.78 is 18.8. The summed E-state index contributed by atoms with van der Waals surface area (Å²) in [5, 5.41) is 0. The fourth-order valence-electron chi connectivity index (χ4n) is 2.18. The van der Waals surface area contributed by atoms with Gasteiger partial charge < -0.3 is 9.64 Å². The molecule has 1 aromatic carbocycles. The molecule has 4 heteroatoms. The normalized spacial score (nSPS) is 21.4. The second-order valence-electron chi connectivity index (χ2n) is 4.39. The van der Waals surface area contributed by atoms with Crippen LogP contribution in [-0.2, 0) is 10.6 Å². The van der Waals surface area contributed by atoms with Crippen molar-refractivity contribution in [2.45, 2.75) is 25.3 Å². The van der Waals surface area contributed by atoms with Crippen LogP contribution >= 0.6 is 11.6 Å². The lowest BCUT2D eigenvalue weighted by atomic mass is 10.1. The average Bonchev–Trinajstić information content (AvgIpc) is 2.53. The van der Waals surface area contributed by atoms with Crippen LogP contribution in [0.4, 0.5) is 10.1 Å². The van der Waals surface area contributed by atoms with Gasteiger partial charge in [0.05, 0.1) is 6.10 Å². The third kappa shape index (κ3) is 3.11. The molecule has 94 valence electrons. The number of hydrogen-bond donors (Lipinski definition) is 0. The van der Waals surface area contributed by atoms with Crippen molar-refractivity contribution < 1.29 is 9.13 Å². The van der Waals surface area contributed by atoms with Gasteiger partial charge in [-0.2, -0.15) is 0 Å². The van der Waals surface area contributed by atoms with Gasteiger partial charge in [0.15, 0.2) is 0 Å². The van der Waals surface area contributed by atoms with Gasteiger partial charge in [-0.25, -0.2) is 4.39 Å². The third-order valence-corrected chi connectivity index (χ3v) is 3.27. The fourth-order valence-corrected chi connectivity index (χ4v) is 2.40. The predicted octanol–water partition coefficient (Wildman–Crippen LogP) is 3.18. The summed E-state index contributed by atoms with van der Waals surface area (Å²) in [7, 11) is 0. The van der Waals surface area contributed by atoms with E-state index < -0.39 is 0 Å². The van der Waals surface area contributed by atoms with E-state index in [0.29, 0.717) is 5.88 Å². The first-order chi connectivity index (χ1) is 8.20. The summed E-state index contributed by atoms with van der Waals surface area (Å²) in [4.78, 5) is 2.23. The maximum Gasteiger partial charge on any atom is 0.123 e. The Balaban J connectivity index is 2.25. The highest BCUT2D eigenvalue weighted by molar-refractivity contribution is 6.17. The minimum absolute atomic E-state index is 0.200. The SMILES string of the molecule is CC1CN(c2ccc(F)cc2CCl)CCCO1. The Morgan fingerprint density at radius 2 is 2.35 bits per heavy atom. The molecular formula is C13H17ClFNO. The zero-order valence-corrected chi connectivity index (χ0v) is 10.7. The highest BCUT2D eigenvalue weighted by Crippen LogP contribution is 2.25. The molecule has 0 spiro atoms. The number of hydrogen-bond acceptors (Lipinski definition) is 2. The van der Waals surface area contributed by atoms with E-state index in [-0.39, 0.29) is 11.9 Å². The summed E-state index contributed by atoms with van der Waals surface area (Å²) in [6.45, 7) is 4.60. The molecule has 0 amide bonds. The summed E-state index contributed by atoms with van der Waals surface area (Å²) in [6, 6.07) is 4.81. The molecular weight excluding hydrogens is 241 g/mol. The van der Waals surface area contributed by atoms with Crippen molar-refractivity contribution >= 4 is 17.3 Å². The summed E-state index contributed by atoms with van der Waals surface area (Å²) in [5.41, 5.74) is 1.87. The van der Waals surface area contributed by atoms with Crippen molar-refractivity contribution in [3.63, 3.8) is 0 Å². The van der Waals surface area contributed by atoms with Gasteiger partial charge in [-0.3, -0.25) is 0 Å². The van der Waals surface area contributed by atoms with E-state index in [1.54, 1.807) is 0 Å². The zero-order chi connectivity index (χ0) is 12.3. The minimum Gasteiger partial charge on any atom is -0.377 e. The van der Waals surface area contributed by atoms with Crippen LogP contribution in [-0.4, -0.2) is 25.8 Å². The van der Waals surface area contributed by atoms with Crippen LogP contribution in [0.25, 0.3) is 0 Å². The molecule has 17 heavy (non-hydrogen) atoms. The lowest BCUT2D eigenvalue weighted by molar-refractivity contribution is 0.0821. The number of anilines is 1. The lowest BCUT2D eigenvalue weighted by Gasteiger charge is -2.26. The van der Waals surface area contributed by atoms with Crippen LogP contribution in [0.3, 0.4) is 0 Å². The van der Waals surface area contributed by atoms with Gasteiger partial charge in [-0.1, -0.05) is 0 Å². The number of alkyl halides is 1. The summed E-state index contributed by atoms with van der Waals surface area (Å²) >= 11 is 5.88. The molecule has 1 atom stereocenters. The molecule has 1 aliphatic heterocycles. The highest BCUT2D eigenvalue weighted by Gasteiger charge is 2.17. The Labute approximate surface area is 106 Å². The van der Waals surface area contributed by atoms with E-state index in [9.17, 15) is 4.39 Å². The molecule has 2 rings (SSSR count). The third-order valence-electron chi connectivity index (χ3n) is 2.98. The molecule has 0 saturated carbocycles. The van der Waals surface area contributed by atoms with E-state index >= 15 is 0 Å². The largest absolute Gasteiger partial charge is 0.377 e. The molecule has 0 radical (unpaired) electrons. The van der Waals surface area contributed by atoms with E-state index in [1.807, 2.05) is 6.07 Å². The predicted molar refractivity (Wildman–Crippen MR) is 68.2 cm³/mol. The molecule has 0 N–H and O–H groups in total. The number of rotatable bonds is 2. The maximum absolute atomic E-state index is 13.2. The van der Waals surface area contributed by atoms with Crippen LogP contribution in [0.5, 0.6) is 0 Å². The van der Waals surface area contributed by atoms with E-state index in [4.69, 9.17) is 16.3 Å². The molecule has 1 fully saturated rings. The summed E-state index contributed by atoms with van der Waals surface area (Å²) in [6.07, 6.45) is 1.19. The average molecular weight is 258 g/mol. The van der Waals surface area contributed by atoms with Crippen molar-refractivity contribution in [1.82, 2.24) is 0 Å². The number of benzene rings is 1. The van der Waals surface area contributed by atoms with Crippen molar-refractivity contribution in [2.75, 3.05) is 24.6 Å². The van der Waals surface area contributed by atoms with Gasteiger partial charge >= 0.3 is 0 Å².